The second-order valence-corrected chi connectivity index (χ2v) is 20.0. The molecule has 32 heteroatoms. The molecular formula is C51H72N10O21S. The average Bonchev–Trinajstić information content (AvgIpc) is 3.56. The molecule has 2 rings (SSSR count). The number of amides is 9. The molecule has 83 heavy (non-hydrogen) atoms. The molecule has 0 unspecified atom stereocenters. The van der Waals surface area contributed by atoms with Gasteiger partial charge in [0.1, 0.15) is 66.2 Å². The number of rotatable bonds is 38. The Morgan fingerprint density at radius 2 is 0.831 bits per heavy atom. The highest BCUT2D eigenvalue weighted by molar-refractivity contribution is 7.98. The maximum Gasteiger partial charge on any atom is 0.326 e. The van der Waals surface area contributed by atoms with Gasteiger partial charge in [-0.15, -0.1) is 0 Å². The molecule has 0 aliphatic rings. The largest absolute Gasteiger partial charge is 0.508 e. The molecule has 2 aromatic rings. The van der Waals surface area contributed by atoms with Crippen LogP contribution in [0.3, 0.4) is 0 Å². The summed E-state index contributed by atoms with van der Waals surface area (Å²) in [6, 6.07) is -3.64. The molecule has 0 saturated heterocycles. The third-order valence-electron chi connectivity index (χ3n) is 12.1. The molecule has 0 spiro atoms. The van der Waals surface area contributed by atoms with Crippen molar-refractivity contribution in [3.63, 3.8) is 0 Å². The van der Waals surface area contributed by atoms with Crippen molar-refractivity contribution in [2.24, 2.45) is 11.7 Å². The van der Waals surface area contributed by atoms with Crippen molar-refractivity contribution in [2.45, 2.75) is 126 Å². The molecule has 0 aliphatic heterocycles. The lowest BCUT2D eigenvalue weighted by atomic mass is 10.0. The number of hydrogen-bond acceptors (Lipinski definition) is 19. The minimum atomic E-state index is -2.08. The zero-order chi connectivity index (χ0) is 62.5. The predicted octanol–water partition coefficient (Wildman–Crippen LogP) is -5.46. The van der Waals surface area contributed by atoms with Crippen LogP contribution in [0.15, 0.2) is 54.6 Å². The van der Waals surface area contributed by atoms with Gasteiger partial charge < -0.3 is 94.4 Å². The number of hydrogen-bond donors (Lipinski definition) is 18. The van der Waals surface area contributed by atoms with Crippen molar-refractivity contribution >= 4 is 88.8 Å². The Hall–Kier alpha value is -8.46. The molecule has 0 aromatic heterocycles. The summed E-state index contributed by atoms with van der Waals surface area (Å²) in [6.45, 7) is -0.105. The number of nitrogens with one attached hydrogen (secondary N) is 9. The Bertz CT molecular complexity index is 2580. The normalized spacial score (nSPS) is 14.6. The number of aliphatic carboxylic acids is 4. The van der Waals surface area contributed by atoms with E-state index in [-0.39, 0.29) is 30.8 Å². The zero-order valence-electron chi connectivity index (χ0n) is 45.4. The summed E-state index contributed by atoms with van der Waals surface area (Å²) in [4.78, 5) is 169. The smallest absolute Gasteiger partial charge is 0.326 e. The van der Waals surface area contributed by atoms with Crippen LogP contribution in [0.2, 0.25) is 0 Å². The van der Waals surface area contributed by atoms with E-state index in [9.17, 15) is 103 Å². The fourth-order valence-corrected chi connectivity index (χ4v) is 7.99. The minimum Gasteiger partial charge on any atom is -0.508 e. The van der Waals surface area contributed by atoms with Gasteiger partial charge in [-0.2, -0.15) is 11.8 Å². The van der Waals surface area contributed by atoms with Crippen LogP contribution in [0, 0.1) is 5.92 Å². The van der Waals surface area contributed by atoms with Gasteiger partial charge in [-0.05, 0) is 60.4 Å². The molecule has 31 nitrogen and oxygen atoms in total. The Kier molecular flexibility index (Phi) is 30.7. The summed E-state index contributed by atoms with van der Waals surface area (Å²) in [7, 11) is 0. The summed E-state index contributed by atoms with van der Waals surface area (Å²) < 4.78 is 0. The molecule has 0 fully saturated rings. The summed E-state index contributed by atoms with van der Waals surface area (Å²) in [5.74, 6) is -17.4. The molecule has 10 atom stereocenters. The second-order valence-electron chi connectivity index (χ2n) is 19.0. The zero-order valence-corrected chi connectivity index (χ0v) is 46.2. The Morgan fingerprint density at radius 1 is 0.446 bits per heavy atom. The van der Waals surface area contributed by atoms with Crippen molar-refractivity contribution < 1.29 is 103 Å². The van der Waals surface area contributed by atoms with Crippen LogP contribution >= 0.6 is 11.8 Å². The van der Waals surface area contributed by atoms with Crippen LogP contribution in [0.5, 0.6) is 5.75 Å². The molecule has 0 aliphatic carbocycles. The molecule has 0 radical (unpaired) electrons. The molecule has 0 heterocycles. The van der Waals surface area contributed by atoms with Gasteiger partial charge in [0, 0.05) is 25.7 Å². The number of carbonyl (C=O) groups excluding carboxylic acids is 9. The van der Waals surface area contributed by atoms with Crippen molar-refractivity contribution in [1.29, 1.82) is 0 Å². The summed E-state index contributed by atoms with van der Waals surface area (Å²) in [5.41, 5.74) is 6.39. The fourth-order valence-electron chi connectivity index (χ4n) is 7.52. The second kappa shape index (κ2) is 36.1. The van der Waals surface area contributed by atoms with Gasteiger partial charge in [0.15, 0.2) is 0 Å². The summed E-state index contributed by atoms with van der Waals surface area (Å²) >= 11 is 1.27. The van der Waals surface area contributed by atoms with E-state index in [1.165, 1.54) is 49.9 Å². The fraction of sp³-hybridized carbons (Fsp3) is 0.510. The summed E-state index contributed by atoms with van der Waals surface area (Å²) in [6.07, 6.45) is -3.06. The van der Waals surface area contributed by atoms with Gasteiger partial charge in [-0.1, -0.05) is 56.3 Å². The first-order chi connectivity index (χ1) is 39.1. The van der Waals surface area contributed by atoms with Crippen LogP contribution in [0.4, 0.5) is 0 Å². The van der Waals surface area contributed by atoms with E-state index in [0.717, 1.165) is 0 Å². The highest BCUT2D eigenvalue weighted by Crippen LogP contribution is 2.14. The topological polar surface area (TPSA) is 518 Å². The summed E-state index contributed by atoms with van der Waals surface area (Å²) in [5, 5.41) is 97.7. The molecule has 458 valence electrons. The van der Waals surface area contributed by atoms with E-state index in [0.29, 0.717) is 11.1 Å². The maximum absolute atomic E-state index is 14.0. The van der Waals surface area contributed by atoms with E-state index >= 15 is 0 Å². The Balaban J connectivity index is 2.36. The monoisotopic (exact) mass is 1190 g/mol. The number of nitrogens with two attached hydrogens (primary N) is 1. The van der Waals surface area contributed by atoms with Crippen LogP contribution in [-0.4, -0.2) is 210 Å². The molecule has 19 N–H and O–H groups in total. The van der Waals surface area contributed by atoms with Crippen LogP contribution in [-0.2, 0) is 75.2 Å². The van der Waals surface area contributed by atoms with E-state index < -0.39 is 195 Å². The van der Waals surface area contributed by atoms with Crippen LogP contribution in [0.1, 0.15) is 63.5 Å². The quantitative estimate of drug-likeness (QED) is 0.0298. The van der Waals surface area contributed by atoms with Gasteiger partial charge in [0.2, 0.25) is 53.2 Å². The number of benzene rings is 2. The van der Waals surface area contributed by atoms with Gasteiger partial charge in [-0.25, -0.2) is 4.79 Å². The molecule has 0 saturated carbocycles. The standard InChI is InChI=1S/C51H72N10O21S/c1-25(2)41(61-45(75)32(17-18-83-3)55-46(76)33(19-26-7-5-4-6-8-26)56-49(79)36(23-63)59-42(72)29(52)22-62)50(80)57-34(21-40(70)71)47(77)60-37(24-64)48(78)54-30(13-15-38(66)67)43(73)53-31(14-16-39(68)69)44(74)58-35(51(81)82)20-27-9-11-28(65)12-10-27/h4-12,25,29-37,41,62-65H,13-24,52H2,1-3H3,(H,53,73)(H,54,78)(H,55,76)(H,56,79)(H,57,80)(H,58,74)(H,59,72)(H,60,77)(H,61,75)(H,66,67)(H,68,69)(H,70,71)(H,81,82)/t29-,30-,31-,32-,33-,34-,35-,36-,37-,41-/m0/s1. The molecule has 9 amide bonds. The van der Waals surface area contributed by atoms with Gasteiger partial charge in [-0.3, -0.25) is 57.5 Å². The predicted molar refractivity (Wildman–Crippen MR) is 290 cm³/mol. The number of carboxylic acids is 4. The molecular weight excluding hydrogens is 1120 g/mol. The molecule has 2 aromatic carbocycles. The highest BCUT2D eigenvalue weighted by Gasteiger charge is 2.37. The van der Waals surface area contributed by atoms with Gasteiger partial charge in [0.25, 0.3) is 0 Å². The third kappa shape index (κ3) is 25.5. The molecule has 0 bridgehead atoms. The van der Waals surface area contributed by atoms with Crippen molar-refractivity contribution in [1.82, 2.24) is 47.9 Å². The third-order valence-corrected chi connectivity index (χ3v) is 12.8. The van der Waals surface area contributed by atoms with E-state index in [1.54, 1.807) is 36.6 Å². The SMILES string of the molecule is CSCC[C@H](NC(=O)[C@H](Cc1ccccc1)NC(=O)[C@H](CO)NC(=O)[C@@H](N)CO)C(=O)N[C@H](C(=O)N[C@@H](CC(=O)O)C(=O)N[C@@H](CO)C(=O)N[C@@H](CCC(=O)O)C(=O)N[C@@H](CCC(=O)O)C(=O)N[C@@H](Cc1ccc(O)cc1)C(=O)O)C(C)C. The van der Waals surface area contributed by atoms with E-state index in [1.807, 2.05) is 5.32 Å². The van der Waals surface area contributed by atoms with E-state index in [4.69, 9.17) is 5.73 Å². The number of phenolic OH excluding ortho intramolecular Hbond substituents is 1. The van der Waals surface area contributed by atoms with Crippen molar-refractivity contribution in [2.75, 3.05) is 31.8 Å². The lowest BCUT2D eigenvalue weighted by Gasteiger charge is -2.29. The lowest BCUT2D eigenvalue weighted by molar-refractivity contribution is -0.143. The maximum atomic E-state index is 14.0. The number of phenols is 1. The van der Waals surface area contributed by atoms with Gasteiger partial charge >= 0.3 is 23.9 Å². The first-order valence-corrected chi connectivity index (χ1v) is 27.0. The number of aromatic hydroxyl groups is 1. The first kappa shape index (κ1) is 70.6. The van der Waals surface area contributed by atoms with Crippen molar-refractivity contribution in [3.05, 3.63) is 65.7 Å². The number of thioether (sulfide) groups is 1. The first-order valence-electron chi connectivity index (χ1n) is 25.6. The number of aliphatic hydroxyl groups excluding tert-OH is 3. The van der Waals surface area contributed by atoms with Crippen LogP contribution < -0.4 is 53.6 Å². The number of carbonyl (C=O) groups is 13. The van der Waals surface area contributed by atoms with Crippen LogP contribution in [0.25, 0.3) is 0 Å². The lowest BCUT2D eigenvalue weighted by Crippen LogP contribution is -2.62. The van der Waals surface area contributed by atoms with E-state index in [2.05, 4.69) is 42.5 Å². The Labute approximate surface area is 479 Å². The number of aliphatic hydroxyl groups is 3. The van der Waals surface area contributed by atoms with Crippen molar-refractivity contribution in [3.8, 4) is 5.75 Å². The number of carboxylic acid groups (broad SMARTS) is 4. The average molecular weight is 1190 g/mol. The minimum absolute atomic E-state index is 0.0735. The Morgan fingerprint density at radius 3 is 1.28 bits per heavy atom. The van der Waals surface area contributed by atoms with Gasteiger partial charge in [0.05, 0.1) is 26.2 Å². The highest BCUT2D eigenvalue weighted by atomic mass is 32.2.